The van der Waals surface area contributed by atoms with Gasteiger partial charge in [-0.3, -0.25) is 0 Å². The second kappa shape index (κ2) is 4.62. The van der Waals surface area contributed by atoms with Gasteiger partial charge in [-0.15, -0.1) is 0 Å². The summed E-state index contributed by atoms with van der Waals surface area (Å²) in [6, 6.07) is 0. The van der Waals surface area contributed by atoms with E-state index in [9.17, 15) is 0 Å². The van der Waals surface area contributed by atoms with Crippen LogP contribution >= 0.6 is 22.6 Å². The van der Waals surface area contributed by atoms with Crippen molar-refractivity contribution in [3.8, 4) is 0 Å². The molecular formula is C6H11I. The summed E-state index contributed by atoms with van der Waals surface area (Å²) in [4.78, 5) is 0. The Hall–Kier alpha value is 0.470. The number of rotatable bonds is 2. The van der Waals surface area contributed by atoms with Crippen LogP contribution in [0.15, 0.2) is 9.66 Å². The Kier molecular flexibility index (Phi) is 4.94. The van der Waals surface area contributed by atoms with Crippen molar-refractivity contribution in [3.63, 3.8) is 0 Å². The van der Waals surface area contributed by atoms with Crippen molar-refractivity contribution < 1.29 is 0 Å². The molecule has 1 heteroatoms. The summed E-state index contributed by atoms with van der Waals surface area (Å²) in [7, 11) is 0. The molecule has 0 unspecified atom stereocenters. The molecule has 0 aromatic heterocycles. The van der Waals surface area contributed by atoms with Gasteiger partial charge in [-0.1, -0.05) is 19.4 Å². The molecule has 0 fully saturated rings. The average Bonchev–Trinajstić information content (AvgIpc) is 1.68. The number of hydrogen-bond donors (Lipinski definition) is 0. The third kappa shape index (κ3) is 4.32. The summed E-state index contributed by atoms with van der Waals surface area (Å²) in [6.45, 7) is 4.28. The van der Waals surface area contributed by atoms with Crippen LogP contribution < -0.4 is 0 Å². The molecule has 42 valence electrons. The largest absolute Gasteiger partial charge is 0.0784 e. The molecule has 0 aliphatic rings. The quantitative estimate of drug-likeness (QED) is 0.614. The fourth-order valence-electron chi connectivity index (χ4n) is 0.383. The number of allylic oxidation sites excluding steroid dienone is 2. The van der Waals surface area contributed by atoms with Crippen molar-refractivity contribution in [2.24, 2.45) is 0 Å². The molecule has 0 radical (unpaired) electrons. The molecule has 0 aromatic carbocycles. The van der Waals surface area contributed by atoms with Gasteiger partial charge in [-0.25, -0.2) is 0 Å². The average molecular weight is 210 g/mol. The van der Waals surface area contributed by atoms with Crippen molar-refractivity contribution in [3.05, 3.63) is 9.66 Å². The predicted molar refractivity (Wildman–Crippen MR) is 42.7 cm³/mol. The minimum atomic E-state index is 1.25. The van der Waals surface area contributed by atoms with Crippen LogP contribution in [0, 0.1) is 0 Å². The zero-order valence-electron chi connectivity index (χ0n) is 4.87. The van der Waals surface area contributed by atoms with Crippen molar-refractivity contribution in [2.75, 3.05) is 0 Å². The number of halogens is 1. The highest BCUT2D eigenvalue weighted by atomic mass is 127. The zero-order valence-corrected chi connectivity index (χ0v) is 7.03. The van der Waals surface area contributed by atoms with Gasteiger partial charge in [0.1, 0.15) is 0 Å². The predicted octanol–water partition coefficient (Wildman–Crippen LogP) is 3.13. The molecule has 0 rings (SSSR count). The van der Waals surface area contributed by atoms with Crippen molar-refractivity contribution in [1.29, 1.82) is 0 Å². The molecule has 0 heterocycles. The van der Waals surface area contributed by atoms with Crippen LogP contribution in [0.3, 0.4) is 0 Å². The summed E-state index contributed by atoms with van der Waals surface area (Å²) in [6.07, 6.45) is 4.67. The first-order valence-electron chi connectivity index (χ1n) is 2.62. The van der Waals surface area contributed by atoms with E-state index in [0.29, 0.717) is 0 Å². The van der Waals surface area contributed by atoms with Crippen molar-refractivity contribution in [1.82, 2.24) is 0 Å². The second-order valence-electron chi connectivity index (χ2n) is 1.49. The molecule has 0 amide bonds. The van der Waals surface area contributed by atoms with E-state index in [-0.39, 0.29) is 0 Å². The SMILES string of the molecule is CC=C(I)CCC. The summed E-state index contributed by atoms with van der Waals surface area (Å²) < 4.78 is 1.47. The summed E-state index contributed by atoms with van der Waals surface area (Å²) in [5.74, 6) is 0. The lowest BCUT2D eigenvalue weighted by atomic mass is 10.3. The van der Waals surface area contributed by atoms with Crippen LogP contribution in [0.4, 0.5) is 0 Å². The van der Waals surface area contributed by atoms with E-state index in [2.05, 4.69) is 42.5 Å². The zero-order chi connectivity index (χ0) is 5.70. The van der Waals surface area contributed by atoms with Crippen LogP contribution in [-0.4, -0.2) is 0 Å². The molecule has 0 saturated carbocycles. The monoisotopic (exact) mass is 210 g/mol. The Labute approximate surface area is 59.1 Å². The Bertz CT molecular complexity index is 64.6. The second-order valence-corrected chi connectivity index (χ2v) is 2.87. The highest BCUT2D eigenvalue weighted by Crippen LogP contribution is 2.11. The van der Waals surface area contributed by atoms with Crippen LogP contribution in [0.1, 0.15) is 26.7 Å². The van der Waals surface area contributed by atoms with E-state index in [1.165, 1.54) is 16.4 Å². The lowest BCUT2D eigenvalue weighted by molar-refractivity contribution is 0.952. The highest BCUT2D eigenvalue weighted by Gasteiger charge is 1.82. The van der Waals surface area contributed by atoms with Crippen LogP contribution in [0.25, 0.3) is 0 Å². The van der Waals surface area contributed by atoms with Gasteiger partial charge in [-0.05, 0) is 39.5 Å². The van der Waals surface area contributed by atoms with Gasteiger partial charge >= 0.3 is 0 Å². The van der Waals surface area contributed by atoms with Gasteiger partial charge in [0, 0.05) is 0 Å². The minimum Gasteiger partial charge on any atom is -0.0784 e. The first kappa shape index (κ1) is 7.47. The fourth-order valence-corrected chi connectivity index (χ4v) is 0.923. The maximum Gasteiger partial charge on any atom is -0.0137 e. The third-order valence-electron chi connectivity index (χ3n) is 0.802. The van der Waals surface area contributed by atoms with Crippen LogP contribution in [-0.2, 0) is 0 Å². The summed E-state index contributed by atoms with van der Waals surface area (Å²) in [5, 5.41) is 0. The molecule has 0 aromatic rings. The standard InChI is InChI=1S/C6H11I/c1-3-5-6(7)4-2/h4H,3,5H2,1-2H3. The van der Waals surface area contributed by atoms with Crippen molar-refractivity contribution in [2.45, 2.75) is 26.7 Å². The van der Waals surface area contributed by atoms with Gasteiger partial charge in [0.15, 0.2) is 0 Å². The number of hydrogen-bond acceptors (Lipinski definition) is 0. The van der Waals surface area contributed by atoms with Crippen LogP contribution in [0.5, 0.6) is 0 Å². The Morgan fingerprint density at radius 1 is 1.71 bits per heavy atom. The van der Waals surface area contributed by atoms with Gasteiger partial charge in [0.25, 0.3) is 0 Å². The molecule has 0 atom stereocenters. The molecule has 0 aliphatic heterocycles. The fraction of sp³-hybridized carbons (Fsp3) is 0.667. The smallest absolute Gasteiger partial charge is 0.0137 e. The van der Waals surface area contributed by atoms with E-state index in [1.807, 2.05) is 0 Å². The van der Waals surface area contributed by atoms with E-state index < -0.39 is 0 Å². The third-order valence-corrected chi connectivity index (χ3v) is 1.96. The summed E-state index contributed by atoms with van der Waals surface area (Å²) >= 11 is 2.37. The Morgan fingerprint density at radius 2 is 2.29 bits per heavy atom. The molecule has 0 nitrogen and oxygen atoms in total. The Balaban J connectivity index is 3.17. The van der Waals surface area contributed by atoms with Gasteiger partial charge in [0.2, 0.25) is 0 Å². The molecule has 0 aliphatic carbocycles. The normalized spacial score (nSPS) is 12.1. The molecule has 0 spiro atoms. The maximum absolute atomic E-state index is 2.37. The van der Waals surface area contributed by atoms with Crippen molar-refractivity contribution >= 4 is 22.6 Å². The summed E-state index contributed by atoms with van der Waals surface area (Å²) in [5.41, 5.74) is 0. The first-order valence-corrected chi connectivity index (χ1v) is 3.69. The van der Waals surface area contributed by atoms with E-state index in [0.717, 1.165) is 0 Å². The van der Waals surface area contributed by atoms with E-state index in [1.54, 1.807) is 0 Å². The Morgan fingerprint density at radius 3 is 2.43 bits per heavy atom. The van der Waals surface area contributed by atoms with Gasteiger partial charge < -0.3 is 0 Å². The molecule has 7 heavy (non-hydrogen) atoms. The topological polar surface area (TPSA) is 0 Å². The maximum atomic E-state index is 2.37. The van der Waals surface area contributed by atoms with E-state index >= 15 is 0 Å². The molecule has 0 bridgehead atoms. The lowest BCUT2D eigenvalue weighted by Gasteiger charge is -1.88. The van der Waals surface area contributed by atoms with E-state index in [4.69, 9.17) is 0 Å². The molecule has 0 saturated heterocycles. The first-order chi connectivity index (χ1) is 3.31. The van der Waals surface area contributed by atoms with Gasteiger partial charge in [0.05, 0.1) is 0 Å². The van der Waals surface area contributed by atoms with Gasteiger partial charge in [-0.2, -0.15) is 0 Å². The van der Waals surface area contributed by atoms with Crippen LogP contribution in [0.2, 0.25) is 0 Å². The highest BCUT2D eigenvalue weighted by molar-refractivity contribution is 14.1. The minimum absolute atomic E-state index is 1.25. The lowest BCUT2D eigenvalue weighted by Crippen LogP contribution is -1.65. The molecule has 0 N–H and O–H groups in total. The molecular weight excluding hydrogens is 199 g/mol.